The van der Waals surface area contributed by atoms with Crippen molar-refractivity contribution in [3.05, 3.63) is 89.5 Å². The molecule has 10 nitrogen and oxygen atoms in total. The van der Waals surface area contributed by atoms with Crippen molar-refractivity contribution >= 4 is 22.0 Å². The SMILES string of the molecule is CC(C)(O)CCS(=O)(=O)NC(=O)c1ccc(-c2ccc(CCN(C[C@@H](O)c3ccccc3)C(=O)O)cc2)cc1OC1CCCCC1. The topological polar surface area (TPSA) is 153 Å². The lowest BCUT2D eigenvalue weighted by molar-refractivity contribution is 0.0769. The molecule has 1 atom stereocenters. The van der Waals surface area contributed by atoms with Gasteiger partial charge in [0.15, 0.2) is 0 Å². The highest BCUT2D eigenvalue weighted by Crippen LogP contribution is 2.31. The zero-order chi connectivity index (χ0) is 33.3. The summed E-state index contributed by atoms with van der Waals surface area (Å²) >= 11 is 0. The first-order chi connectivity index (χ1) is 21.8. The fourth-order valence-electron chi connectivity index (χ4n) is 5.36. The number of hydrogen-bond acceptors (Lipinski definition) is 7. The maximum Gasteiger partial charge on any atom is 0.407 e. The molecule has 1 fully saturated rings. The molecule has 248 valence electrons. The van der Waals surface area contributed by atoms with E-state index in [2.05, 4.69) is 4.72 Å². The van der Waals surface area contributed by atoms with Crippen molar-refractivity contribution in [2.75, 3.05) is 18.8 Å². The number of aliphatic hydroxyl groups is 2. The fourth-order valence-corrected chi connectivity index (χ4v) is 6.63. The summed E-state index contributed by atoms with van der Waals surface area (Å²) in [6.07, 6.45) is 3.16. The summed E-state index contributed by atoms with van der Waals surface area (Å²) in [5.74, 6) is -0.884. The Labute approximate surface area is 271 Å². The zero-order valence-electron chi connectivity index (χ0n) is 26.4. The van der Waals surface area contributed by atoms with Crippen LogP contribution in [-0.4, -0.2) is 71.2 Å². The second-order valence-corrected chi connectivity index (χ2v) is 14.3. The van der Waals surface area contributed by atoms with Crippen LogP contribution in [0.3, 0.4) is 0 Å². The van der Waals surface area contributed by atoms with Gasteiger partial charge in [-0.1, -0.05) is 67.1 Å². The first-order valence-corrected chi connectivity index (χ1v) is 17.3. The summed E-state index contributed by atoms with van der Waals surface area (Å²) in [4.78, 5) is 26.2. The monoisotopic (exact) mass is 652 g/mol. The van der Waals surface area contributed by atoms with Gasteiger partial charge in [-0.25, -0.2) is 17.9 Å². The predicted octanol–water partition coefficient (Wildman–Crippen LogP) is 5.54. The number of nitrogens with zero attached hydrogens (tertiary/aromatic N) is 1. The Morgan fingerprint density at radius 1 is 0.978 bits per heavy atom. The molecule has 1 aliphatic carbocycles. The number of carboxylic acid groups (broad SMARTS) is 1. The summed E-state index contributed by atoms with van der Waals surface area (Å²) in [5, 5.41) is 30.1. The van der Waals surface area contributed by atoms with Gasteiger partial charge in [-0.3, -0.25) is 4.79 Å². The molecule has 11 heteroatoms. The van der Waals surface area contributed by atoms with E-state index in [1.807, 2.05) is 30.3 Å². The maximum atomic E-state index is 13.2. The Kier molecular flexibility index (Phi) is 11.8. The highest BCUT2D eigenvalue weighted by atomic mass is 32.2. The molecule has 0 aliphatic heterocycles. The van der Waals surface area contributed by atoms with E-state index in [1.165, 1.54) is 18.7 Å². The van der Waals surface area contributed by atoms with Crippen LogP contribution in [0.4, 0.5) is 4.79 Å². The molecule has 3 aromatic rings. The van der Waals surface area contributed by atoms with E-state index in [0.29, 0.717) is 17.7 Å². The number of nitrogens with one attached hydrogen (secondary N) is 1. The maximum absolute atomic E-state index is 13.2. The zero-order valence-corrected chi connectivity index (χ0v) is 27.2. The highest BCUT2D eigenvalue weighted by molar-refractivity contribution is 7.90. The van der Waals surface area contributed by atoms with Crippen molar-refractivity contribution in [3.63, 3.8) is 0 Å². The van der Waals surface area contributed by atoms with Crippen molar-refractivity contribution in [1.82, 2.24) is 9.62 Å². The Morgan fingerprint density at radius 2 is 1.63 bits per heavy atom. The van der Waals surface area contributed by atoms with E-state index in [4.69, 9.17) is 4.74 Å². The molecule has 1 saturated carbocycles. The number of sulfonamides is 1. The molecule has 0 aromatic heterocycles. The molecule has 0 bridgehead atoms. The molecule has 0 radical (unpaired) electrons. The molecular formula is C35H44N2O8S. The third kappa shape index (κ3) is 10.6. The molecule has 4 rings (SSSR count). The van der Waals surface area contributed by atoms with Crippen molar-refractivity contribution in [2.24, 2.45) is 0 Å². The molecule has 2 amide bonds. The fraction of sp³-hybridized carbons (Fsp3) is 0.429. The Hall–Kier alpha value is -3.93. The van der Waals surface area contributed by atoms with Gasteiger partial charge >= 0.3 is 6.09 Å². The number of ether oxygens (including phenoxy) is 1. The van der Waals surface area contributed by atoms with Gasteiger partial charge < -0.3 is 25.0 Å². The first-order valence-electron chi connectivity index (χ1n) is 15.7. The van der Waals surface area contributed by atoms with Gasteiger partial charge in [0.25, 0.3) is 5.91 Å². The van der Waals surface area contributed by atoms with E-state index in [1.54, 1.807) is 42.5 Å². The van der Waals surface area contributed by atoms with E-state index >= 15 is 0 Å². The third-order valence-electron chi connectivity index (χ3n) is 8.11. The quantitative estimate of drug-likeness (QED) is 0.177. The molecule has 3 aromatic carbocycles. The lowest BCUT2D eigenvalue weighted by atomic mass is 9.97. The normalized spacial score (nSPS) is 14.8. The van der Waals surface area contributed by atoms with Crippen LogP contribution < -0.4 is 9.46 Å². The van der Waals surface area contributed by atoms with Gasteiger partial charge in [0.05, 0.1) is 35.7 Å². The molecule has 0 spiro atoms. The number of aliphatic hydroxyl groups excluding tert-OH is 1. The molecule has 0 unspecified atom stereocenters. The van der Waals surface area contributed by atoms with Gasteiger partial charge in [0, 0.05) is 6.54 Å². The largest absolute Gasteiger partial charge is 0.490 e. The predicted molar refractivity (Wildman–Crippen MR) is 176 cm³/mol. The smallest absolute Gasteiger partial charge is 0.407 e. The van der Waals surface area contributed by atoms with Gasteiger partial charge in [-0.05, 0) is 86.8 Å². The van der Waals surface area contributed by atoms with E-state index < -0.39 is 39.5 Å². The van der Waals surface area contributed by atoms with Crippen LogP contribution >= 0.6 is 0 Å². The van der Waals surface area contributed by atoms with Gasteiger partial charge in [-0.15, -0.1) is 0 Å². The number of benzene rings is 3. The number of hydrogen-bond donors (Lipinski definition) is 4. The molecule has 4 N–H and O–H groups in total. The van der Waals surface area contributed by atoms with Gasteiger partial charge in [0.1, 0.15) is 5.75 Å². The second kappa shape index (κ2) is 15.6. The first kappa shape index (κ1) is 34.9. The molecule has 0 heterocycles. The molecular weight excluding hydrogens is 608 g/mol. The summed E-state index contributed by atoms with van der Waals surface area (Å²) in [7, 11) is -3.99. The van der Waals surface area contributed by atoms with Crippen LogP contribution in [0.15, 0.2) is 72.8 Å². The summed E-state index contributed by atoms with van der Waals surface area (Å²) in [6, 6.07) is 21.6. The molecule has 0 saturated heterocycles. The summed E-state index contributed by atoms with van der Waals surface area (Å²) in [5.41, 5.74) is 2.11. The number of rotatable bonds is 14. The Balaban J connectivity index is 1.47. The van der Waals surface area contributed by atoms with Crippen molar-refractivity contribution < 1.29 is 38.1 Å². The minimum atomic E-state index is -3.99. The number of carbonyl (C=O) groups excluding carboxylic acids is 1. The van der Waals surface area contributed by atoms with Crippen molar-refractivity contribution in [2.45, 2.75) is 76.6 Å². The van der Waals surface area contributed by atoms with Gasteiger partial charge in [0.2, 0.25) is 10.0 Å². The van der Waals surface area contributed by atoms with Crippen LogP contribution in [0.2, 0.25) is 0 Å². The summed E-state index contributed by atoms with van der Waals surface area (Å²) < 4.78 is 33.6. The number of carbonyl (C=O) groups is 2. The van der Waals surface area contributed by atoms with Crippen LogP contribution in [0.25, 0.3) is 11.1 Å². The minimum Gasteiger partial charge on any atom is -0.490 e. The van der Waals surface area contributed by atoms with E-state index in [9.17, 15) is 33.3 Å². The van der Waals surface area contributed by atoms with Crippen molar-refractivity contribution in [1.29, 1.82) is 0 Å². The molecule has 1 aliphatic rings. The highest BCUT2D eigenvalue weighted by Gasteiger charge is 2.25. The lowest BCUT2D eigenvalue weighted by Gasteiger charge is -2.24. The Bertz CT molecular complexity index is 1560. The summed E-state index contributed by atoms with van der Waals surface area (Å²) in [6.45, 7) is 3.19. The average Bonchev–Trinajstić information content (AvgIpc) is 3.02. The third-order valence-corrected chi connectivity index (χ3v) is 9.35. The molecule has 46 heavy (non-hydrogen) atoms. The van der Waals surface area contributed by atoms with Crippen LogP contribution in [0, 0.1) is 0 Å². The lowest BCUT2D eigenvalue weighted by Crippen LogP contribution is -2.35. The van der Waals surface area contributed by atoms with Crippen LogP contribution in [-0.2, 0) is 16.4 Å². The van der Waals surface area contributed by atoms with E-state index in [-0.39, 0.29) is 31.2 Å². The standard InChI is InChI=1S/C35H44N2O8S/c1-35(2,42)20-22-46(43,44)36-33(39)30-18-17-28(23-32(30)45-29-11-7-4-8-12-29)26-15-13-25(14-16-26)19-21-37(34(40)41)24-31(38)27-9-5-3-6-10-27/h3,5-6,9-10,13-18,23,29,31,38,42H,4,7-8,11-12,19-22,24H2,1-2H3,(H,36,39)(H,40,41)/t31-/m1/s1. The van der Waals surface area contributed by atoms with Crippen LogP contribution in [0.5, 0.6) is 5.75 Å². The van der Waals surface area contributed by atoms with Gasteiger partial charge in [-0.2, -0.15) is 0 Å². The Morgan fingerprint density at radius 3 is 2.26 bits per heavy atom. The number of amides is 2. The van der Waals surface area contributed by atoms with Crippen molar-refractivity contribution in [3.8, 4) is 16.9 Å². The second-order valence-electron chi connectivity index (χ2n) is 12.5. The minimum absolute atomic E-state index is 0.0278. The van der Waals surface area contributed by atoms with Crippen LogP contribution in [0.1, 0.15) is 80.0 Å². The van der Waals surface area contributed by atoms with E-state index in [0.717, 1.165) is 48.8 Å². The average molecular weight is 653 g/mol.